The maximum atomic E-state index is 11.8. The van der Waals surface area contributed by atoms with Crippen molar-refractivity contribution < 1.29 is 23.8 Å². The number of hydrogen-bond acceptors (Lipinski definition) is 5. The van der Waals surface area contributed by atoms with Crippen LogP contribution in [0.3, 0.4) is 0 Å². The first-order chi connectivity index (χ1) is 11.1. The van der Waals surface area contributed by atoms with Crippen molar-refractivity contribution in [2.75, 3.05) is 33.3 Å². The monoisotopic (exact) mass is 318 g/mol. The van der Waals surface area contributed by atoms with Crippen molar-refractivity contribution in [3.8, 4) is 0 Å². The number of methoxy groups -OCH3 is 1. The molecule has 1 fully saturated rings. The molecule has 0 radical (unpaired) electrons. The zero-order valence-corrected chi connectivity index (χ0v) is 12.8. The molecule has 1 aromatic heterocycles. The molecular formula is C16H18N2O5. The molecule has 1 amide bonds. The molecule has 2 heterocycles. The molecular weight excluding hydrogens is 300 g/mol. The number of carbonyl (C=O) groups excluding carboxylic acids is 1. The molecule has 0 atom stereocenters. The van der Waals surface area contributed by atoms with Crippen LogP contribution in [-0.2, 0) is 11.3 Å². The molecule has 0 aliphatic carbocycles. The lowest BCUT2D eigenvalue weighted by atomic mass is 10.1. The van der Waals surface area contributed by atoms with Crippen LogP contribution in [0.2, 0.25) is 0 Å². The van der Waals surface area contributed by atoms with Gasteiger partial charge in [-0.05, 0) is 6.07 Å². The van der Waals surface area contributed by atoms with Gasteiger partial charge in [0.15, 0.2) is 0 Å². The Morgan fingerprint density at radius 2 is 2.00 bits per heavy atom. The number of esters is 1. The maximum absolute atomic E-state index is 11.8. The summed E-state index contributed by atoms with van der Waals surface area (Å²) < 4.78 is 10.3. The molecule has 1 aliphatic heterocycles. The van der Waals surface area contributed by atoms with Crippen molar-refractivity contribution in [3.63, 3.8) is 0 Å². The third-order valence-corrected chi connectivity index (χ3v) is 4.12. The number of fused-ring (bicyclic) bond motifs is 1. The Hall–Kier alpha value is -2.54. The minimum atomic E-state index is -0.874. The number of carboxylic acid groups (broad SMARTS) is 1. The van der Waals surface area contributed by atoms with Gasteiger partial charge in [0.05, 0.1) is 13.4 Å². The van der Waals surface area contributed by atoms with Crippen LogP contribution < -0.4 is 0 Å². The van der Waals surface area contributed by atoms with Gasteiger partial charge in [0.1, 0.15) is 11.1 Å². The minimum absolute atomic E-state index is 0.409. The number of para-hydroxylation sites is 1. The number of piperazine rings is 1. The van der Waals surface area contributed by atoms with E-state index in [4.69, 9.17) is 14.3 Å². The Morgan fingerprint density at radius 1 is 1.26 bits per heavy atom. The fraction of sp³-hybridized carbons (Fsp3) is 0.375. The number of hydrogen-bond donors (Lipinski definition) is 1. The number of nitrogens with zero attached hydrogens (tertiary/aromatic N) is 2. The SMILES string of the molecule is COC(=O)c1cccc2c(CN3CCN(C(=O)O)CC3)coc12. The van der Waals surface area contributed by atoms with E-state index in [1.54, 1.807) is 18.4 Å². The quantitative estimate of drug-likeness (QED) is 0.872. The molecule has 2 aromatic rings. The average Bonchev–Trinajstić information content (AvgIpc) is 2.97. The van der Waals surface area contributed by atoms with Crippen LogP contribution >= 0.6 is 0 Å². The molecule has 3 rings (SSSR count). The van der Waals surface area contributed by atoms with Crippen molar-refractivity contribution >= 4 is 23.0 Å². The third-order valence-electron chi connectivity index (χ3n) is 4.12. The molecule has 0 spiro atoms. The lowest BCUT2D eigenvalue weighted by Crippen LogP contribution is -2.47. The lowest BCUT2D eigenvalue weighted by molar-refractivity contribution is 0.0601. The van der Waals surface area contributed by atoms with E-state index in [9.17, 15) is 9.59 Å². The van der Waals surface area contributed by atoms with E-state index < -0.39 is 12.1 Å². The number of rotatable bonds is 3. The Balaban J connectivity index is 1.77. The number of carbonyl (C=O) groups is 2. The molecule has 7 nitrogen and oxygen atoms in total. The fourth-order valence-electron chi connectivity index (χ4n) is 2.84. The van der Waals surface area contributed by atoms with E-state index in [0.29, 0.717) is 43.9 Å². The molecule has 122 valence electrons. The van der Waals surface area contributed by atoms with E-state index in [2.05, 4.69) is 4.90 Å². The van der Waals surface area contributed by atoms with Crippen LogP contribution in [0.25, 0.3) is 11.0 Å². The van der Waals surface area contributed by atoms with Crippen molar-refractivity contribution in [1.82, 2.24) is 9.80 Å². The summed E-state index contributed by atoms with van der Waals surface area (Å²) in [6.07, 6.45) is 0.779. The van der Waals surface area contributed by atoms with Crippen LogP contribution in [-0.4, -0.2) is 60.3 Å². The van der Waals surface area contributed by atoms with E-state index >= 15 is 0 Å². The molecule has 0 saturated carbocycles. The van der Waals surface area contributed by atoms with Gasteiger partial charge in [0.2, 0.25) is 0 Å². The Morgan fingerprint density at radius 3 is 2.65 bits per heavy atom. The van der Waals surface area contributed by atoms with Crippen LogP contribution in [0.4, 0.5) is 4.79 Å². The minimum Gasteiger partial charge on any atom is -0.465 e. The van der Waals surface area contributed by atoms with Crippen molar-refractivity contribution in [1.29, 1.82) is 0 Å². The summed E-state index contributed by atoms with van der Waals surface area (Å²) in [7, 11) is 1.34. The predicted octanol–water partition coefficient (Wildman–Crippen LogP) is 2.01. The summed E-state index contributed by atoms with van der Waals surface area (Å²) in [6, 6.07) is 5.39. The number of ether oxygens (including phenoxy) is 1. The Labute approximate surface area is 133 Å². The molecule has 7 heteroatoms. The highest BCUT2D eigenvalue weighted by atomic mass is 16.5. The van der Waals surface area contributed by atoms with Crippen LogP contribution in [0, 0.1) is 0 Å². The van der Waals surface area contributed by atoms with Gasteiger partial charge < -0.3 is 19.2 Å². The molecule has 1 aromatic carbocycles. The molecule has 1 aliphatic rings. The first-order valence-corrected chi connectivity index (χ1v) is 7.38. The van der Waals surface area contributed by atoms with Gasteiger partial charge in [-0.25, -0.2) is 9.59 Å². The smallest absolute Gasteiger partial charge is 0.407 e. The van der Waals surface area contributed by atoms with Gasteiger partial charge in [0, 0.05) is 43.7 Å². The third kappa shape index (κ3) is 3.00. The summed E-state index contributed by atoms with van der Waals surface area (Å²) in [5.74, 6) is -0.424. The maximum Gasteiger partial charge on any atom is 0.407 e. The highest BCUT2D eigenvalue weighted by Crippen LogP contribution is 2.26. The predicted molar refractivity (Wildman–Crippen MR) is 82.4 cm³/mol. The second kappa shape index (κ2) is 6.29. The van der Waals surface area contributed by atoms with E-state index in [1.165, 1.54) is 12.0 Å². The van der Waals surface area contributed by atoms with Crippen LogP contribution in [0.5, 0.6) is 0 Å². The van der Waals surface area contributed by atoms with Crippen LogP contribution in [0.15, 0.2) is 28.9 Å². The van der Waals surface area contributed by atoms with Gasteiger partial charge in [-0.1, -0.05) is 12.1 Å². The average molecular weight is 318 g/mol. The van der Waals surface area contributed by atoms with E-state index in [0.717, 1.165) is 10.9 Å². The van der Waals surface area contributed by atoms with Gasteiger partial charge in [-0.2, -0.15) is 0 Å². The summed E-state index contributed by atoms with van der Waals surface area (Å²) >= 11 is 0. The summed E-state index contributed by atoms with van der Waals surface area (Å²) in [5.41, 5.74) is 1.92. The van der Waals surface area contributed by atoms with E-state index in [1.807, 2.05) is 6.07 Å². The first-order valence-electron chi connectivity index (χ1n) is 7.38. The second-order valence-electron chi connectivity index (χ2n) is 5.48. The topological polar surface area (TPSA) is 83.2 Å². The summed E-state index contributed by atoms with van der Waals surface area (Å²) in [5, 5.41) is 9.86. The van der Waals surface area contributed by atoms with Crippen LogP contribution in [0.1, 0.15) is 15.9 Å². The summed E-state index contributed by atoms with van der Waals surface area (Å²) in [6.45, 7) is 3.01. The zero-order valence-electron chi connectivity index (χ0n) is 12.8. The van der Waals surface area contributed by atoms with Crippen molar-refractivity contribution in [2.45, 2.75) is 6.54 Å². The van der Waals surface area contributed by atoms with Gasteiger partial charge in [-0.15, -0.1) is 0 Å². The number of furan rings is 1. The Kier molecular flexibility index (Phi) is 4.20. The molecule has 23 heavy (non-hydrogen) atoms. The molecule has 0 bridgehead atoms. The fourth-order valence-corrected chi connectivity index (χ4v) is 2.84. The van der Waals surface area contributed by atoms with Crippen molar-refractivity contribution in [2.24, 2.45) is 0 Å². The molecule has 1 N–H and O–H groups in total. The largest absolute Gasteiger partial charge is 0.465 e. The van der Waals surface area contributed by atoms with Gasteiger partial charge in [-0.3, -0.25) is 4.90 Å². The zero-order chi connectivity index (χ0) is 16.4. The lowest BCUT2D eigenvalue weighted by Gasteiger charge is -2.32. The highest BCUT2D eigenvalue weighted by Gasteiger charge is 2.22. The highest BCUT2D eigenvalue weighted by molar-refractivity contribution is 6.02. The molecule has 1 saturated heterocycles. The standard InChI is InChI=1S/C16H18N2O5/c1-22-15(19)13-4-2-3-12-11(10-23-14(12)13)9-17-5-7-18(8-6-17)16(20)21/h2-4,10H,5-9H2,1H3,(H,20,21). The van der Waals surface area contributed by atoms with Crippen molar-refractivity contribution in [3.05, 3.63) is 35.6 Å². The molecule has 0 unspecified atom stereocenters. The summed E-state index contributed by atoms with van der Waals surface area (Å²) in [4.78, 5) is 26.3. The van der Waals surface area contributed by atoms with E-state index in [-0.39, 0.29) is 0 Å². The van der Waals surface area contributed by atoms with Gasteiger partial charge >= 0.3 is 12.1 Å². The number of benzene rings is 1. The normalized spacial score (nSPS) is 15.8. The Bertz CT molecular complexity index is 731. The second-order valence-corrected chi connectivity index (χ2v) is 5.48. The van der Waals surface area contributed by atoms with Gasteiger partial charge in [0.25, 0.3) is 0 Å². The number of amides is 1. The first kappa shape index (κ1) is 15.4.